The molecule has 0 spiro atoms. The number of halogens is 1. The topological polar surface area (TPSA) is 64.4 Å². The minimum Gasteiger partial charge on any atom is -0.435 e. The second-order valence-corrected chi connectivity index (χ2v) is 2.73. The van der Waals surface area contributed by atoms with Gasteiger partial charge in [0.2, 0.25) is 12.1 Å². The molecule has 0 aromatic carbocycles. The van der Waals surface area contributed by atoms with Gasteiger partial charge in [-0.2, -0.15) is 9.37 Å². The molecule has 0 radical (unpaired) electrons. The van der Waals surface area contributed by atoms with Crippen molar-refractivity contribution in [3.8, 4) is 6.01 Å². The van der Waals surface area contributed by atoms with Gasteiger partial charge in [0.15, 0.2) is 0 Å². The van der Waals surface area contributed by atoms with E-state index in [4.69, 9.17) is 9.84 Å². The van der Waals surface area contributed by atoms with Gasteiger partial charge in [-0.1, -0.05) is 0 Å². The van der Waals surface area contributed by atoms with Crippen molar-refractivity contribution in [3.63, 3.8) is 0 Å². The van der Waals surface area contributed by atoms with Gasteiger partial charge in [0.25, 0.3) is 0 Å². The van der Waals surface area contributed by atoms with Crippen LogP contribution < -0.4 is 10.3 Å². The molecule has 0 saturated heterocycles. The molecule has 5 nitrogen and oxygen atoms in total. The molecule has 13 heavy (non-hydrogen) atoms. The summed E-state index contributed by atoms with van der Waals surface area (Å²) in [6.45, 7) is 0.390. The molecule has 0 saturated carbocycles. The molecule has 6 heteroatoms. The lowest BCUT2D eigenvalue weighted by Gasteiger charge is -2.21. The van der Waals surface area contributed by atoms with Crippen molar-refractivity contribution in [2.24, 2.45) is 0 Å². The highest BCUT2D eigenvalue weighted by molar-refractivity contribution is 5.02. The van der Waals surface area contributed by atoms with E-state index in [1.54, 1.807) is 0 Å². The van der Waals surface area contributed by atoms with Crippen LogP contribution in [0.1, 0.15) is 6.42 Å². The summed E-state index contributed by atoms with van der Waals surface area (Å²) in [7, 11) is 0. The molecule has 2 heterocycles. The lowest BCUT2D eigenvalue weighted by atomic mass is 10.4. The Labute approximate surface area is 72.4 Å². The van der Waals surface area contributed by atoms with Crippen molar-refractivity contribution in [1.82, 2.24) is 9.55 Å². The number of rotatable bonds is 0. The molecule has 0 aliphatic carbocycles. The van der Waals surface area contributed by atoms with Gasteiger partial charge in [-0.25, -0.2) is 0 Å². The normalized spacial score (nSPS) is 20.6. The summed E-state index contributed by atoms with van der Waals surface area (Å²) in [5.41, 5.74) is -0.972. The first-order valence-electron chi connectivity index (χ1n) is 3.78. The number of aliphatic hydroxyl groups is 1. The number of ether oxygens (including phenoxy) is 1. The number of aromatic nitrogens is 2. The Morgan fingerprint density at radius 3 is 3.31 bits per heavy atom. The number of hydrogen-bond acceptors (Lipinski definition) is 4. The third kappa shape index (κ3) is 1.40. The van der Waals surface area contributed by atoms with Crippen molar-refractivity contribution in [1.29, 1.82) is 0 Å². The summed E-state index contributed by atoms with van der Waals surface area (Å²) in [5.74, 6) is -0.913. The molecule has 1 unspecified atom stereocenters. The lowest BCUT2D eigenvalue weighted by molar-refractivity contribution is -0.0520. The minimum atomic E-state index is -0.972. The third-order valence-electron chi connectivity index (χ3n) is 1.77. The highest BCUT2D eigenvalue weighted by atomic mass is 19.1. The summed E-state index contributed by atoms with van der Waals surface area (Å²) >= 11 is 0. The zero-order valence-electron chi connectivity index (χ0n) is 6.61. The first-order valence-corrected chi connectivity index (χ1v) is 3.78. The van der Waals surface area contributed by atoms with Crippen molar-refractivity contribution in [3.05, 3.63) is 22.4 Å². The van der Waals surface area contributed by atoms with Gasteiger partial charge < -0.3 is 9.84 Å². The van der Waals surface area contributed by atoms with Crippen molar-refractivity contribution < 1.29 is 14.2 Å². The number of aliphatic hydroxyl groups excluding tert-OH is 1. The van der Waals surface area contributed by atoms with Crippen LogP contribution in [-0.4, -0.2) is 20.9 Å². The lowest BCUT2D eigenvalue weighted by Crippen LogP contribution is -2.30. The van der Waals surface area contributed by atoms with E-state index in [0.29, 0.717) is 13.0 Å². The molecule has 1 N–H and O–H groups in total. The van der Waals surface area contributed by atoms with E-state index in [2.05, 4.69) is 4.98 Å². The quantitative estimate of drug-likeness (QED) is 0.592. The second-order valence-electron chi connectivity index (χ2n) is 2.73. The van der Waals surface area contributed by atoms with Crippen LogP contribution in [0.25, 0.3) is 0 Å². The van der Waals surface area contributed by atoms with Gasteiger partial charge >= 0.3 is 11.6 Å². The number of nitrogens with zero attached hydrogens (tertiary/aromatic N) is 2. The Morgan fingerprint density at radius 2 is 2.54 bits per heavy atom. The number of hydrogen-bond donors (Lipinski definition) is 1. The molecule has 1 aliphatic heterocycles. The van der Waals surface area contributed by atoms with Crippen molar-refractivity contribution in [2.75, 3.05) is 0 Å². The van der Waals surface area contributed by atoms with Crippen LogP contribution >= 0.6 is 0 Å². The zero-order chi connectivity index (χ0) is 9.42. The van der Waals surface area contributed by atoms with E-state index in [-0.39, 0.29) is 6.01 Å². The van der Waals surface area contributed by atoms with Crippen LogP contribution in [0, 0.1) is 5.82 Å². The molecule has 0 fully saturated rings. The number of fused-ring (bicyclic) bond motifs is 1. The summed E-state index contributed by atoms with van der Waals surface area (Å²) < 4.78 is 18.8. The first-order chi connectivity index (χ1) is 6.16. The Balaban J connectivity index is 2.49. The van der Waals surface area contributed by atoms with Crippen molar-refractivity contribution in [2.45, 2.75) is 19.3 Å². The molecule has 0 bridgehead atoms. The molecule has 1 aliphatic rings. The summed E-state index contributed by atoms with van der Waals surface area (Å²) in [6, 6.07) is -0.0369. The maximum absolute atomic E-state index is 12.7. The van der Waals surface area contributed by atoms with Gasteiger partial charge in [0, 0.05) is 13.0 Å². The van der Waals surface area contributed by atoms with Gasteiger partial charge in [0.05, 0.1) is 6.20 Å². The molecule has 1 atom stereocenters. The smallest absolute Gasteiger partial charge is 0.311 e. The number of aryl methyl sites for hydroxylation is 1. The van der Waals surface area contributed by atoms with Gasteiger partial charge in [-0.15, -0.1) is 0 Å². The average molecular weight is 186 g/mol. The summed E-state index contributed by atoms with van der Waals surface area (Å²) in [5, 5.41) is 9.04. The molecule has 1 aromatic heterocycles. The molecule has 2 rings (SSSR count). The third-order valence-corrected chi connectivity index (χ3v) is 1.77. The van der Waals surface area contributed by atoms with Gasteiger partial charge in [0.1, 0.15) is 0 Å². The zero-order valence-corrected chi connectivity index (χ0v) is 6.61. The first kappa shape index (κ1) is 8.18. The molecular weight excluding hydrogens is 179 g/mol. The fraction of sp³-hybridized carbons (Fsp3) is 0.429. The van der Waals surface area contributed by atoms with E-state index in [1.165, 1.54) is 4.57 Å². The molecular formula is C7H7FN2O3. The largest absolute Gasteiger partial charge is 0.435 e. The monoisotopic (exact) mass is 186 g/mol. The minimum absolute atomic E-state index is 0.0369. The van der Waals surface area contributed by atoms with E-state index in [0.717, 1.165) is 6.20 Å². The van der Waals surface area contributed by atoms with Gasteiger partial charge in [-0.3, -0.25) is 9.36 Å². The van der Waals surface area contributed by atoms with E-state index < -0.39 is 17.7 Å². The van der Waals surface area contributed by atoms with E-state index in [1.807, 2.05) is 0 Å². The Kier molecular flexibility index (Phi) is 1.77. The predicted octanol–water partition coefficient (Wildman–Crippen LogP) is -0.517. The highest BCUT2D eigenvalue weighted by Crippen LogP contribution is 2.15. The van der Waals surface area contributed by atoms with E-state index >= 15 is 0 Å². The van der Waals surface area contributed by atoms with Crippen molar-refractivity contribution >= 4 is 0 Å². The van der Waals surface area contributed by atoms with Crippen LogP contribution in [0.5, 0.6) is 6.01 Å². The van der Waals surface area contributed by atoms with Crippen LogP contribution in [0.3, 0.4) is 0 Å². The maximum Gasteiger partial charge on any atom is 0.311 e. The fourth-order valence-corrected chi connectivity index (χ4v) is 1.14. The standard InChI is InChI=1S/C7H7FN2O3/c8-4-3-10-2-1-5(11)13-7(10)9-6(4)12/h3,5,11H,1-2H2. The highest BCUT2D eigenvalue weighted by Gasteiger charge is 2.18. The molecule has 0 amide bonds. The fourth-order valence-electron chi connectivity index (χ4n) is 1.14. The van der Waals surface area contributed by atoms with Crippen LogP contribution in [-0.2, 0) is 6.54 Å². The second kappa shape index (κ2) is 2.81. The molecule has 1 aromatic rings. The van der Waals surface area contributed by atoms with Gasteiger partial charge in [-0.05, 0) is 0 Å². The Hall–Kier alpha value is -1.43. The Morgan fingerprint density at radius 1 is 1.77 bits per heavy atom. The summed E-state index contributed by atoms with van der Waals surface area (Å²) in [6.07, 6.45) is 0.422. The van der Waals surface area contributed by atoms with Crippen LogP contribution in [0.4, 0.5) is 4.39 Å². The Bertz CT molecular complexity index is 390. The van der Waals surface area contributed by atoms with Crippen LogP contribution in [0.15, 0.2) is 11.0 Å². The predicted molar refractivity (Wildman–Crippen MR) is 39.7 cm³/mol. The average Bonchev–Trinajstić information content (AvgIpc) is 2.08. The SMILES string of the molecule is O=c1nc2n(cc1F)CCC(O)O2. The van der Waals surface area contributed by atoms with Crippen LogP contribution in [0.2, 0.25) is 0 Å². The maximum atomic E-state index is 12.7. The van der Waals surface area contributed by atoms with E-state index in [9.17, 15) is 9.18 Å². The summed E-state index contributed by atoms with van der Waals surface area (Å²) in [4.78, 5) is 14.1. The molecule has 70 valence electrons.